The van der Waals surface area contributed by atoms with E-state index in [0.29, 0.717) is 5.69 Å². The Bertz CT molecular complexity index is 945. The summed E-state index contributed by atoms with van der Waals surface area (Å²) in [5.74, 6) is 0.0357. The van der Waals surface area contributed by atoms with Crippen LogP contribution in [0.1, 0.15) is 33.6 Å². The summed E-state index contributed by atoms with van der Waals surface area (Å²) in [7, 11) is 0. The van der Waals surface area contributed by atoms with Gasteiger partial charge >= 0.3 is 0 Å². The molecule has 1 fully saturated rings. The average molecular weight is 362 g/mol. The number of nitrogens with zero attached hydrogens (tertiary/aromatic N) is 4. The van der Waals surface area contributed by atoms with Gasteiger partial charge in [0.2, 0.25) is 0 Å². The molecule has 0 radical (unpaired) electrons. The van der Waals surface area contributed by atoms with Crippen molar-refractivity contribution in [1.82, 2.24) is 19.2 Å². The van der Waals surface area contributed by atoms with Crippen molar-refractivity contribution in [1.29, 1.82) is 0 Å². The van der Waals surface area contributed by atoms with Crippen LogP contribution in [0.5, 0.6) is 0 Å². The molecule has 140 valence electrons. The number of amides is 1. The molecule has 0 bridgehead atoms. The van der Waals surface area contributed by atoms with Gasteiger partial charge in [-0.25, -0.2) is 4.98 Å². The third-order valence-corrected chi connectivity index (χ3v) is 5.24. The zero-order valence-electron chi connectivity index (χ0n) is 16.1. The molecule has 2 aromatic heterocycles. The number of aromatic nitrogens is 2. The Labute approximate surface area is 160 Å². The van der Waals surface area contributed by atoms with Crippen molar-refractivity contribution >= 4 is 11.6 Å². The summed E-state index contributed by atoms with van der Waals surface area (Å²) in [6.45, 7) is 8.53. The maximum absolute atomic E-state index is 12.9. The molecule has 4 rings (SSSR count). The van der Waals surface area contributed by atoms with Gasteiger partial charge in [-0.15, -0.1) is 0 Å². The molecule has 0 aliphatic carbocycles. The predicted molar refractivity (Wildman–Crippen MR) is 107 cm³/mol. The van der Waals surface area contributed by atoms with Crippen molar-refractivity contribution in [2.24, 2.45) is 0 Å². The van der Waals surface area contributed by atoms with Crippen LogP contribution >= 0.6 is 0 Å². The fourth-order valence-corrected chi connectivity index (χ4v) is 3.63. The third kappa shape index (κ3) is 4.03. The second kappa shape index (κ2) is 7.53. The number of hydrogen-bond donors (Lipinski definition) is 0. The molecular formula is C22H26N4O. The Kier molecular flexibility index (Phi) is 4.94. The molecule has 5 nitrogen and oxygen atoms in total. The Morgan fingerprint density at radius 1 is 1.00 bits per heavy atom. The van der Waals surface area contributed by atoms with E-state index in [1.165, 1.54) is 11.1 Å². The summed E-state index contributed by atoms with van der Waals surface area (Å²) in [6.07, 6.45) is 4.79. The van der Waals surface area contributed by atoms with Crippen LogP contribution in [-0.2, 0) is 6.54 Å². The van der Waals surface area contributed by atoms with Crippen LogP contribution in [0.2, 0.25) is 0 Å². The van der Waals surface area contributed by atoms with E-state index in [4.69, 9.17) is 0 Å². The number of aryl methyl sites for hydroxylation is 2. The molecule has 1 amide bonds. The van der Waals surface area contributed by atoms with Crippen LogP contribution < -0.4 is 0 Å². The first-order chi connectivity index (χ1) is 13.1. The number of hydrogen-bond acceptors (Lipinski definition) is 3. The van der Waals surface area contributed by atoms with Gasteiger partial charge in [0.25, 0.3) is 5.91 Å². The van der Waals surface area contributed by atoms with E-state index < -0.39 is 0 Å². The second-order valence-electron chi connectivity index (χ2n) is 7.50. The lowest BCUT2D eigenvalue weighted by Gasteiger charge is -2.21. The maximum atomic E-state index is 12.9. The first-order valence-corrected chi connectivity index (χ1v) is 9.61. The highest BCUT2D eigenvalue weighted by Crippen LogP contribution is 2.14. The Morgan fingerprint density at radius 3 is 2.63 bits per heavy atom. The quantitative estimate of drug-likeness (QED) is 0.718. The third-order valence-electron chi connectivity index (χ3n) is 5.24. The van der Waals surface area contributed by atoms with Crippen LogP contribution in [-0.4, -0.2) is 51.3 Å². The molecule has 1 saturated heterocycles. The average Bonchev–Trinajstić information content (AvgIpc) is 2.94. The van der Waals surface area contributed by atoms with Gasteiger partial charge in [-0.1, -0.05) is 29.8 Å². The SMILES string of the molecule is Cc1ccc(CN2CCCN(C(=O)c3cn4ccc(C)cc4n3)CC2)cc1. The number of imidazole rings is 1. The number of rotatable bonds is 3. The molecular weight excluding hydrogens is 336 g/mol. The van der Waals surface area contributed by atoms with E-state index in [2.05, 4.69) is 41.1 Å². The zero-order valence-corrected chi connectivity index (χ0v) is 16.1. The molecule has 5 heteroatoms. The van der Waals surface area contributed by atoms with Crippen molar-refractivity contribution < 1.29 is 4.79 Å². The molecule has 1 aromatic carbocycles. The number of carbonyl (C=O) groups excluding carboxylic acids is 1. The molecule has 1 aliphatic heterocycles. The van der Waals surface area contributed by atoms with Crippen LogP contribution in [0, 0.1) is 13.8 Å². The van der Waals surface area contributed by atoms with Gasteiger partial charge in [-0.2, -0.15) is 0 Å². The van der Waals surface area contributed by atoms with Gasteiger partial charge in [-0.05, 0) is 43.5 Å². The van der Waals surface area contributed by atoms with Crippen molar-refractivity contribution in [2.45, 2.75) is 26.8 Å². The highest BCUT2D eigenvalue weighted by Gasteiger charge is 2.22. The molecule has 0 saturated carbocycles. The minimum Gasteiger partial charge on any atom is -0.336 e. The first kappa shape index (κ1) is 17.7. The van der Waals surface area contributed by atoms with E-state index in [1.807, 2.05) is 40.8 Å². The van der Waals surface area contributed by atoms with Gasteiger partial charge < -0.3 is 9.30 Å². The Hall–Kier alpha value is -2.66. The highest BCUT2D eigenvalue weighted by molar-refractivity contribution is 5.93. The zero-order chi connectivity index (χ0) is 18.8. The van der Waals surface area contributed by atoms with Gasteiger partial charge in [0, 0.05) is 45.1 Å². The molecule has 0 N–H and O–H groups in total. The summed E-state index contributed by atoms with van der Waals surface area (Å²) < 4.78 is 1.92. The van der Waals surface area contributed by atoms with E-state index in [-0.39, 0.29) is 5.91 Å². The molecule has 27 heavy (non-hydrogen) atoms. The lowest BCUT2D eigenvalue weighted by atomic mass is 10.1. The number of benzene rings is 1. The van der Waals surface area contributed by atoms with Gasteiger partial charge in [0.1, 0.15) is 11.3 Å². The lowest BCUT2D eigenvalue weighted by Crippen LogP contribution is -2.35. The molecule has 0 unspecified atom stereocenters. The lowest BCUT2D eigenvalue weighted by molar-refractivity contribution is 0.0756. The molecule has 0 atom stereocenters. The minimum absolute atomic E-state index is 0.0357. The van der Waals surface area contributed by atoms with Crippen LogP contribution in [0.15, 0.2) is 48.8 Å². The fraction of sp³-hybridized carbons (Fsp3) is 0.364. The summed E-state index contributed by atoms with van der Waals surface area (Å²) in [5, 5.41) is 0. The summed E-state index contributed by atoms with van der Waals surface area (Å²) in [4.78, 5) is 21.9. The van der Waals surface area contributed by atoms with E-state index in [1.54, 1.807) is 0 Å². The van der Waals surface area contributed by atoms with E-state index in [0.717, 1.165) is 50.4 Å². The van der Waals surface area contributed by atoms with Gasteiger partial charge in [-0.3, -0.25) is 9.69 Å². The van der Waals surface area contributed by atoms with Crippen molar-refractivity contribution in [3.63, 3.8) is 0 Å². The minimum atomic E-state index is 0.0357. The monoisotopic (exact) mass is 362 g/mol. The van der Waals surface area contributed by atoms with Crippen molar-refractivity contribution in [3.8, 4) is 0 Å². The molecule has 3 heterocycles. The number of carbonyl (C=O) groups is 1. The second-order valence-corrected chi connectivity index (χ2v) is 7.50. The number of pyridine rings is 1. The summed E-state index contributed by atoms with van der Waals surface area (Å²) in [5.41, 5.74) is 5.13. The Balaban J connectivity index is 1.42. The van der Waals surface area contributed by atoms with Crippen LogP contribution in [0.3, 0.4) is 0 Å². The maximum Gasteiger partial charge on any atom is 0.274 e. The largest absolute Gasteiger partial charge is 0.336 e. The smallest absolute Gasteiger partial charge is 0.274 e. The highest BCUT2D eigenvalue weighted by atomic mass is 16.2. The Morgan fingerprint density at radius 2 is 1.81 bits per heavy atom. The van der Waals surface area contributed by atoms with E-state index in [9.17, 15) is 4.79 Å². The predicted octanol–water partition coefficient (Wildman–Crippen LogP) is 3.30. The van der Waals surface area contributed by atoms with Crippen molar-refractivity contribution in [3.05, 3.63) is 71.2 Å². The molecule has 1 aliphatic rings. The molecule has 3 aromatic rings. The van der Waals surface area contributed by atoms with Gasteiger partial charge in [0.15, 0.2) is 0 Å². The van der Waals surface area contributed by atoms with E-state index >= 15 is 0 Å². The number of fused-ring (bicyclic) bond motifs is 1. The fourth-order valence-electron chi connectivity index (χ4n) is 3.63. The van der Waals surface area contributed by atoms with Crippen LogP contribution in [0.4, 0.5) is 0 Å². The van der Waals surface area contributed by atoms with Crippen LogP contribution in [0.25, 0.3) is 5.65 Å². The normalized spacial score (nSPS) is 15.9. The summed E-state index contributed by atoms with van der Waals surface area (Å²) in [6, 6.07) is 12.7. The summed E-state index contributed by atoms with van der Waals surface area (Å²) >= 11 is 0. The molecule has 0 spiro atoms. The standard InChI is InChI=1S/C22H26N4O/c1-17-4-6-19(7-5-17)15-24-9-3-10-25(13-12-24)22(27)20-16-26-11-8-18(2)14-21(26)23-20/h4-8,11,14,16H,3,9-10,12-13,15H2,1-2H3. The first-order valence-electron chi connectivity index (χ1n) is 9.61. The topological polar surface area (TPSA) is 40.9 Å². The van der Waals surface area contributed by atoms with Gasteiger partial charge in [0.05, 0.1) is 0 Å². The van der Waals surface area contributed by atoms with Crippen molar-refractivity contribution in [2.75, 3.05) is 26.2 Å².